The van der Waals surface area contributed by atoms with Gasteiger partial charge >= 0.3 is 15.6 Å². The zero-order valence-corrected chi connectivity index (χ0v) is 21.4. The van der Waals surface area contributed by atoms with Gasteiger partial charge in [-0.05, 0) is 92.6 Å². The summed E-state index contributed by atoms with van der Waals surface area (Å²) in [6, 6.07) is 9.33. The number of benzene rings is 2. The maximum absolute atomic E-state index is 12.4. The summed E-state index contributed by atoms with van der Waals surface area (Å²) in [6.45, 7) is 1.54. The van der Waals surface area contributed by atoms with Crippen LogP contribution in [0.1, 0.15) is 42.1 Å². The zero-order valence-electron chi connectivity index (χ0n) is 20.5. The van der Waals surface area contributed by atoms with Crippen molar-refractivity contribution >= 4 is 10.1 Å². The summed E-state index contributed by atoms with van der Waals surface area (Å²) in [5, 5.41) is 10.9. The highest BCUT2D eigenvalue weighted by Gasteiger charge is 2.48. The Morgan fingerprint density at radius 2 is 1.69 bits per heavy atom. The third-order valence-electron chi connectivity index (χ3n) is 6.50. The summed E-state index contributed by atoms with van der Waals surface area (Å²) in [5.74, 6) is 1.05. The van der Waals surface area contributed by atoms with Crippen molar-refractivity contribution in [3.05, 3.63) is 53.1 Å². The van der Waals surface area contributed by atoms with Crippen LogP contribution in [0.15, 0.2) is 36.4 Å². The third kappa shape index (κ3) is 6.83. The number of nitrogens with zero attached hydrogens (tertiary/aromatic N) is 1. The molecule has 2 aromatic carbocycles. The Hall–Kier alpha value is -2.50. The van der Waals surface area contributed by atoms with Crippen LogP contribution in [-0.2, 0) is 23.0 Å². The Balaban J connectivity index is 1.45. The number of alkyl halides is 3. The van der Waals surface area contributed by atoms with E-state index in [1.165, 1.54) is 12.1 Å². The van der Waals surface area contributed by atoms with E-state index in [-0.39, 0.29) is 11.7 Å². The molecule has 2 atom stereocenters. The molecular formula is C25H32F3NO6S. The molecule has 3 rings (SSSR count). The summed E-state index contributed by atoms with van der Waals surface area (Å²) >= 11 is 0. The number of likely N-dealkylation sites (N-methyl/N-ethyl adjacent to an activating group) is 1. The number of hydrogen-bond acceptors (Lipinski definition) is 7. The van der Waals surface area contributed by atoms with Gasteiger partial charge in [-0.1, -0.05) is 12.1 Å². The lowest BCUT2D eigenvalue weighted by molar-refractivity contribution is -0.0500. The van der Waals surface area contributed by atoms with Crippen molar-refractivity contribution in [2.75, 3.05) is 34.4 Å². The molecule has 200 valence electrons. The van der Waals surface area contributed by atoms with Crippen molar-refractivity contribution < 1.29 is 40.4 Å². The highest BCUT2D eigenvalue weighted by Crippen LogP contribution is 2.42. The summed E-state index contributed by atoms with van der Waals surface area (Å²) < 4.78 is 74.3. The lowest BCUT2D eigenvalue weighted by Gasteiger charge is -2.31. The highest BCUT2D eigenvalue weighted by molar-refractivity contribution is 7.88. The molecule has 0 radical (unpaired) electrons. The molecule has 0 aliphatic heterocycles. The van der Waals surface area contributed by atoms with Gasteiger partial charge < -0.3 is 23.7 Å². The average molecular weight is 532 g/mol. The molecule has 0 fully saturated rings. The van der Waals surface area contributed by atoms with Gasteiger partial charge in [0.25, 0.3) is 0 Å². The molecule has 2 aromatic rings. The van der Waals surface area contributed by atoms with Crippen LogP contribution < -0.4 is 13.7 Å². The third-order valence-corrected chi connectivity index (χ3v) is 7.48. The number of hydrogen-bond donors (Lipinski definition) is 1. The maximum Gasteiger partial charge on any atom is 0.534 e. The quantitative estimate of drug-likeness (QED) is 0.338. The van der Waals surface area contributed by atoms with Crippen molar-refractivity contribution in [3.63, 3.8) is 0 Å². The number of aliphatic hydroxyl groups excluding tert-OH is 1. The fraction of sp³-hybridized carbons (Fsp3) is 0.520. The summed E-state index contributed by atoms with van der Waals surface area (Å²) in [7, 11) is -0.519. The molecule has 36 heavy (non-hydrogen) atoms. The number of fused-ring (bicyclic) bond motifs is 1. The van der Waals surface area contributed by atoms with Crippen molar-refractivity contribution in [1.29, 1.82) is 0 Å². The van der Waals surface area contributed by atoms with E-state index >= 15 is 0 Å². The lowest BCUT2D eigenvalue weighted by Crippen LogP contribution is -2.28. The van der Waals surface area contributed by atoms with Crippen molar-refractivity contribution in [1.82, 2.24) is 4.90 Å². The minimum atomic E-state index is -5.67. The number of halogens is 3. The molecule has 0 bridgehead atoms. The molecule has 11 heteroatoms. The van der Waals surface area contributed by atoms with E-state index in [1.54, 1.807) is 26.4 Å². The van der Waals surface area contributed by atoms with Crippen molar-refractivity contribution in [2.24, 2.45) is 5.92 Å². The Morgan fingerprint density at radius 1 is 1.06 bits per heavy atom. The molecular weight excluding hydrogens is 499 g/mol. The number of methoxy groups -OCH3 is 2. The number of rotatable bonds is 11. The van der Waals surface area contributed by atoms with Gasteiger partial charge in [0.15, 0.2) is 11.5 Å². The zero-order chi connectivity index (χ0) is 26.5. The standard InChI is InChI=1S/C25H32F3NO6S/c1-29(14-12-17-6-10-20(11-7-17)35-36(31,32)25(26,27)28)13-4-5-18-8-9-19-15-22(33-2)23(34-3)16-21(19)24(18)30/h6-7,10-11,15-16,18,24,30H,4-5,8-9,12-14H2,1-3H3. The predicted molar refractivity (Wildman–Crippen MR) is 129 cm³/mol. The first kappa shape index (κ1) is 28.1. The van der Waals surface area contributed by atoms with Crippen molar-refractivity contribution in [3.8, 4) is 17.2 Å². The minimum absolute atomic E-state index is 0.157. The van der Waals surface area contributed by atoms with E-state index in [0.717, 1.165) is 48.9 Å². The number of aryl methyl sites for hydroxylation is 1. The average Bonchev–Trinajstić information content (AvgIpc) is 2.83. The van der Waals surface area contributed by atoms with Gasteiger partial charge in [0.1, 0.15) is 5.75 Å². The molecule has 1 N–H and O–H groups in total. The SMILES string of the molecule is COc1cc2c(cc1OC)C(O)C(CCCN(C)CCc1ccc(OS(=O)(=O)C(F)(F)F)cc1)CC2. The van der Waals surface area contributed by atoms with Crippen LogP contribution in [-0.4, -0.2) is 58.3 Å². The smallest absolute Gasteiger partial charge is 0.493 e. The Morgan fingerprint density at radius 3 is 2.31 bits per heavy atom. The second kappa shape index (κ2) is 11.7. The summed E-state index contributed by atoms with van der Waals surface area (Å²) in [5.41, 5.74) is -2.64. The van der Waals surface area contributed by atoms with Gasteiger partial charge in [-0.25, -0.2) is 0 Å². The van der Waals surface area contributed by atoms with E-state index in [2.05, 4.69) is 9.08 Å². The molecule has 1 aliphatic carbocycles. The molecule has 0 heterocycles. The van der Waals surface area contributed by atoms with Crippen LogP contribution in [0.3, 0.4) is 0 Å². The second-order valence-electron chi connectivity index (χ2n) is 8.97. The highest BCUT2D eigenvalue weighted by atomic mass is 32.2. The number of aliphatic hydroxyl groups is 1. The van der Waals surface area contributed by atoms with Crippen LogP contribution in [0.2, 0.25) is 0 Å². The topological polar surface area (TPSA) is 85.3 Å². The van der Waals surface area contributed by atoms with Crippen LogP contribution in [0.4, 0.5) is 13.2 Å². The first-order valence-corrected chi connectivity index (χ1v) is 13.1. The monoisotopic (exact) mass is 531 g/mol. The molecule has 0 amide bonds. The van der Waals surface area contributed by atoms with E-state index in [1.807, 2.05) is 19.2 Å². The first-order chi connectivity index (χ1) is 16.9. The predicted octanol–water partition coefficient (Wildman–Crippen LogP) is 4.48. The van der Waals surface area contributed by atoms with Gasteiger partial charge in [-0.2, -0.15) is 21.6 Å². The van der Waals surface area contributed by atoms with Crippen molar-refractivity contribution in [2.45, 2.75) is 43.7 Å². The second-order valence-corrected chi connectivity index (χ2v) is 10.5. The normalized spacial score (nSPS) is 18.1. The van der Waals surface area contributed by atoms with Crippen LogP contribution in [0, 0.1) is 5.92 Å². The van der Waals surface area contributed by atoms with Crippen LogP contribution in [0.25, 0.3) is 0 Å². The Labute approximate surface area is 209 Å². The largest absolute Gasteiger partial charge is 0.534 e. The van der Waals surface area contributed by atoms with E-state index < -0.39 is 21.7 Å². The number of ether oxygens (including phenoxy) is 2. The molecule has 1 aliphatic rings. The van der Waals surface area contributed by atoms with E-state index in [9.17, 15) is 26.7 Å². The maximum atomic E-state index is 12.4. The Bertz CT molecular complexity index is 1120. The lowest BCUT2D eigenvalue weighted by atomic mass is 9.79. The van der Waals surface area contributed by atoms with Gasteiger partial charge in [0, 0.05) is 6.54 Å². The van der Waals surface area contributed by atoms with Gasteiger partial charge in [0.2, 0.25) is 0 Å². The first-order valence-electron chi connectivity index (χ1n) is 11.7. The van der Waals surface area contributed by atoms with E-state index in [0.29, 0.717) is 24.5 Å². The summed E-state index contributed by atoms with van der Waals surface area (Å²) in [6.07, 6.45) is 3.63. The molecule has 7 nitrogen and oxygen atoms in total. The van der Waals surface area contributed by atoms with Gasteiger partial charge in [0.05, 0.1) is 20.3 Å². The van der Waals surface area contributed by atoms with Gasteiger partial charge in [-0.15, -0.1) is 0 Å². The van der Waals surface area contributed by atoms with Gasteiger partial charge in [-0.3, -0.25) is 0 Å². The Kier molecular flexibility index (Phi) is 9.13. The molecule has 0 spiro atoms. The molecule has 0 aromatic heterocycles. The van der Waals surface area contributed by atoms with Crippen LogP contribution in [0.5, 0.6) is 17.2 Å². The summed E-state index contributed by atoms with van der Waals surface area (Å²) in [4.78, 5) is 2.15. The minimum Gasteiger partial charge on any atom is -0.493 e. The van der Waals surface area contributed by atoms with Crippen LogP contribution >= 0.6 is 0 Å². The molecule has 0 saturated heterocycles. The fourth-order valence-corrected chi connectivity index (χ4v) is 4.88. The molecule has 2 unspecified atom stereocenters. The fourth-order valence-electron chi connectivity index (χ4n) is 4.42. The van der Waals surface area contributed by atoms with E-state index in [4.69, 9.17) is 9.47 Å². The molecule has 0 saturated carbocycles.